The molecule has 1 amide bonds. The Labute approximate surface area is 167 Å². The number of nitrogens with one attached hydrogen (secondary N) is 1. The average molecular weight is 401 g/mol. The number of fused-ring (bicyclic) bond motifs is 1. The Bertz CT molecular complexity index is 926. The Balaban J connectivity index is 1.67. The molecule has 0 aliphatic heterocycles. The highest BCUT2D eigenvalue weighted by Gasteiger charge is 2.24. The lowest BCUT2D eigenvalue weighted by Crippen LogP contribution is -2.39. The summed E-state index contributed by atoms with van der Waals surface area (Å²) >= 11 is 0. The monoisotopic (exact) mass is 400 g/mol. The second-order valence-corrected chi connectivity index (χ2v) is 9.38. The molecule has 0 heterocycles. The van der Waals surface area contributed by atoms with Crippen molar-refractivity contribution in [3.05, 3.63) is 65.2 Å². The minimum absolute atomic E-state index is 0.118. The fraction of sp³-hybridized carbons (Fsp3) is 0.409. The zero-order valence-electron chi connectivity index (χ0n) is 16.5. The third kappa shape index (κ3) is 4.62. The van der Waals surface area contributed by atoms with Gasteiger partial charge in [0.2, 0.25) is 15.9 Å². The Kier molecular flexibility index (Phi) is 6.52. The van der Waals surface area contributed by atoms with Crippen LogP contribution in [0.3, 0.4) is 0 Å². The van der Waals surface area contributed by atoms with E-state index in [9.17, 15) is 13.2 Å². The Morgan fingerprint density at radius 2 is 1.75 bits per heavy atom. The van der Waals surface area contributed by atoms with E-state index in [0.717, 1.165) is 29.1 Å². The summed E-state index contributed by atoms with van der Waals surface area (Å²) in [6, 6.07) is 14.5. The van der Waals surface area contributed by atoms with E-state index in [0.29, 0.717) is 0 Å². The molecule has 3 rings (SSSR count). The molecule has 2 aromatic carbocycles. The highest BCUT2D eigenvalue weighted by Crippen LogP contribution is 2.26. The second-order valence-electron chi connectivity index (χ2n) is 7.34. The standard InChI is InChI=1S/C22H28N2O3S/c1-3-21(19-14-13-17-9-7-8-10-18(17)15-19)23-22(25)16-24(2)28(26,27)20-11-5-4-6-12-20/h4-6,11-15,21H,3,7-10,16H2,1-2H3,(H,23,25)/t21-/m1/s1. The third-order valence-corrected chi connectivity index (χ3v) is 7.15. The number of nitrogens with zero attached hydrogens (tertiary/aromatic N) is 1. The van der Waals surface area contributed by atoms with Gasteiger partial charge in [-0.3, -0.25) is 4.79 Å². The first-order chi connectivity index (χ1) is 13.4. The van der Waals surface area contributed by atoms with Crippen molar-refractivity contribution in [2.24, 2.45) is 0 Å². The smallest absolute Gasteiger partial charge is 0.243 e. The van der Waals surface area contributed by atoms with Gasteiger partial charge < -0.3 is 5.32 Å². The summed E-state index contributed by atoms with van der Waals surface area (Å²) in [5.41, 5.74) is 3.87. The lowest BCUT2D eigenvalue weighted by molar-refractivity contribution is -0.121. The van der Waals surface area contributed by atoms with Gasteiger partial charge in [-0.25, -0.2) is 8.42 Å². The summed E-state index contributed by atoms with van der Waals surface area (Å²) in [5, 5.41) is 3.00. The molecule has 150 valence electrons. The number of aryl methyl sites for hydroxylation is 2. The van der Waals surface area contributed by atoms with Gasteiger partial charge in [0, 0.05) is 7.05 Å². The Hall–Kier alpha value is -2.18. The highest BCUT2D eigenvalue weighted by atomic mass is 32.2. The fourth-order valence-electron chi connectivity index (χ4n) is 3.69. The zero-order chi connectivity index (χ0) is 20.1. The fourth-order valence-corrected chi connectivity index (χ4v) is 4.84. The van der Waals surface area contributed by atoms with Crippen LogP contribution >= 0.6 is 0 Å². The number of hydrogen-bond acceptors (Lipinski definition) is 3. The topological polar surface area (TPSA) is 66.5 Å². The van der Waals surface area contributed by atoms with Crippen LogP contribution in [0.1, 0.15) is 48.9 Å². The van der Waals surface area contributed by atoms with Crippen molar-refractivity contribution in [3.63, 3.8) is 0 Å². The Morgan fingerprint density at radius 3 is 2.43 bits per heavy atom. The number of sulfonamides is 1. The molecule has 0 radical (unpaired) electrons. The van der Waals surface area contributed by atoms with E-state index in [1.165, 1.54) is 43.1 Å². The van der Waals surface area contributed by atoms with Crippen LogP contribution in [0.25, 0.3) is 0 Å². The molecule has 28 heavy (non-hydrogen) atoms. The van der Waals surface area contributed by atoms with E-state index in [1.807, 2.05) is 6.92 Å². The van der Waals surface area contributed by atoms with Crippen molar-refractivity contribution in [1.29, 1.82) is 0 Å². The highest BCUT2D eigenvalue weighted by molar-refractivity contribution is 7.89. The molecule has 1 N–H and O–H groups in total. The zero-order valence-corrected chi connectivity index (χ0v) is 17.3. The predicted molar refractivity (Wildman–Crippen MR) is 111 cm³/mol. The van der Waals surface area contributed by atoms with Crippen LogP contribution < -0.4 is 5.32 Å². The van der Waals surface area contributed by atoms with Crippen molar-refractivity contribution < 1.29 is 13.2 Å². The third-order valence-electron chi connectivity index (χ3n) is 5.34. The van der Waals surface area contributed by atoms with E-state index < -0.39 is 10.0 Å². The molecule has 6 heteroatoms. The quantitative estimate of drug-likeness (QED) is 0.774. The summed E-state index contributed by atoms with van der Waals surface area (Å²) in [5.74, 6) is -0.299. The van der Waals surface area contributed by atoms with Gasteiger partial charge in [0.15, 0.2) is 0 Å². The summed E-state index contributed by atoms with van der Waals surface area (Å²) in [4.78, 5) is 12.7. The first-order valence-electron chi connectivity index (χ1n) is 9.84. The minimum Gasteiger partial charge on any atom is -0.348 e. The number of likely N-dealkylation sites (N-methyl/N-ethyl adjacent to an activating group) is 1. The van der Waals surface area contributed by atoms with Crippen LogP contribution in [0.4, 0.5) is 0 Å². The maximum Gasteiger partial charge on any atom is 0.243 e. The van der Waals surface area contributed by atoms with E-state index in [-0.39, 0.29) is 23.4 Å². The molecular weight excluding hydrogens is 372 g/mol. The number of carbonyl (C=O) groups is 1. The lowest BCUT2D eigenvalue weighted by atomic mass is 9.89. The second kappa shape index (κ2) is 8.88. The van der Waals surface area contributed by atoms with E-state index in [1.54, 1.807) is 18.2 Å². The molecule has 0 fully saturated rings. The van der Waals surface area contributed by atoms with Gasteiger partial charge in [-0.2, -0.15) is 4.31 Å². The molecule has 0 spiro atoms. The molecule has 0 saturated carbocycles. The van der Waals surface area contributed by atoms with Gasteiger partial charge in [-0.1, -0.05) is 43.3 Å². The van der Waals surface area contributed by atoms with Gasteiger partial charge in [0.05, 0.1) is 17.5 Å². The maximum atomic E-state index is 12.6. The van der Waals surface area contributed by atoms with Gasteiger partial charge in [-0.15, -0.1) is 0 Å². The van der Waals surface area contributed by atoms with Crippen LogP contribution in [0.5, 0.6) is 0 Å². The van der Waals surface area contributed by atoms with Crippen LogP contribution in [-0.2, 0) is 27.7 Å². The summed E-state index contributed by atoms with van der Waals surface area (Å²) in [6.07, 6.45) is 5.41. The molecule has 1 atom stereocenters. The molecular formula is C22H28N2O3S. The average Bonchev–Trinajstić information content (AvgIpc) is 2.72. The van der Waals surface area contributed by atoms with Gasteiger partial charge >= 0.3 is 0 Å². The summed E-state index contributed by atoms with van der Waals surface area (Å²) in [7, 11) is -2.25. The van der Waals surface area contributed by atoms with Gasteiger partial charge in [-0.05, 0) is 60.9 Å². The predicted octanol–water partition coefficient (Wildman–Crippen LogP) is 3.45. The van der Waals surface area contributed by atoms with E-state index in [2.05, 4.69) is 23.5 Å². The first-order valence-corrected chi connectivity index (χ1v) is 11.3. The summed E-state index contributed by atoms with van der Waals surface area (Å²) < 4.78 is 26.3. The van der Waals surface area contributed by atoms with E-state index in [4.69, 9.17) is 0 Å². The van der Waals surface area contributed by atoms with Gasteiger partial charge in [0.1, 0.15) is 0 Å². The minimum atomic E-state index is -3.68. The molecule has 1 aliphatic carbocycles. The normalized spacial score (nSPS) is 15.1. The molecule has 0 saturated heterocycles. The van der Waals surface area contributed by atoms with Crippen LogP contribution in [-0.4, -0.2) is 32.2 Å². The van der Waals surface area contributed by atoms with Crippen molar-refractivity contribution >= 4 is 15.9 Å². The number of benzene rings is 2. The molecule has 1 aliphatic rings. The van der Waals surface area contributed by atoms with Crippen molar-refractivity contribution in [2.75, 3.05) is 13.6 Å². The maximum absolute atomic E-state index is 12.6. The first kappa shape index (κ1) is 20.6. The van der Waals surface area contributed by atoms with Crippen molar-refractivity contribution in [3.8, 4) is 0 Å². The van der Waals surface area contributed by atoms with Crippen LogP contribution in [0, 0.1) is 0 Å². The summed E-state index contributed by atoms with van der Waals surface area (Å²) in [6.45, 7) is 1.81. The lowest BCUT2D eigenvalue weighted by Gasteiger charge is -2.23. The molecule has 0 bridgehead atoms. The van der Waals surface area contributed by atoms with Crippen molar-refractivity contribution in [2.45, 2.75) is 50.0 Å². The number of rotatable bonds is 7. The van der Waals surface area contributed by atoms with Crippen LogP contribution in [0.2, 0.25) is 0 Å². The molecule has 5 nitrogen and oxygen atoms in total. The van der Waals surface area contributed by atoms with E-state index >= 15 is 0 Å². The SMILES string of the molecule is CC[C@@H](NC(=O)CN(C)S(=O)(=O)c1ccccc1)c1ccc2c(c1)CCCC2. The number of hydrogen-bond donors (Lipinski definition) is 1. The number of amides is 1. The van der Waals surface area contributed by atoms with Crippen LogP contribution in [0.15, 0.2) is 53.4 Å². The van der Waals surface area contributed by atoms with Gasteiger partial charge in [0.25, 0.3) is 0 Å². The Morgan fingerprint density at radius 1 is 1.07 bits per heavy atom. The largest absolute Gasteiger partial charge is 0.348 e. The molecule has 0 unspecified atom stereocenters. The molecule has 2 aromatic rings. The molecule has 0 aromatic heterocycles. The van der Waals surface area contributed by atoms with Crippen molar-refractivity contribution in [1.82, 2.24) is 9.62 Å². The number of carbonyl (C=O) groups excluding carboxylic acids is 1.